The summed E-state index contributed by atoms with van der Waals surface area (Å²) in [6.07, 6.45) is 0.310. The van der Waals surface area contributed by atoms with Crippen molar-refractivity contribution in [2.24, 2.45) is 5.92 Å². The van der Waals surface area contributed by atoms with Crippen LogP contribution in [-0.4, -0.2) is 61.8 Å². The molecule has 3 atom stereocenters. The van der Waals surface area contributed by atoms with Crippen molar-refractivity contribution in [2.45, 2.75) is 32.4 Å². The number of thioether (sulfide) groups is 1. The van der Waals surface area contributed by atoms with E-state index in [9.17, 15) is 27.9 Å². The first-order chi connectivity index (χ1) is 11.5. The molecule has 25 heavy (non-hydrogen) atoms. The van der Waals surface area contributed by atoms with Gasteiger partial charge in [-0.25, -0.2) is 0 Å². The molecule has 9 nitrogen and oxygen atoms in total. The van der Waals surface area contributed by atoms with Crippen molar-refractivity contribution in [1.29, 1.82) is 0 Å². The highest BCUT2D eigenvalue weighted by Crippen LogP contribution is 2.47. The van der Waals surface area contributed by atoms with E-state index < -0.39 is 40.1 Å². The van der Waals surface area contributed by atoms with Gasteiger partial charge in [-0.15, -0.1) is 11.8 Å². The summed E-state index contributed by atoms with van der Waals surface area (Å²) in [7, 11) is -3.72. The molecule has 2 amide bonds. The SMILES string of the molecule is CC(=O)NCCSC1=C(C(=O)[O-])N2C(=O)[C@H]([C@H](C)OS(C)(=O)=O)[C@H]2C1. The second-order valence-electron chi connectivity index (χ2n) is 5.90. The maximum absolute atomic E-state index is 12.3. The minimum Gasteiger partial charge on any atom is -0.543 e. The van der Waals surface area contributed by atoms with Gasteiger partial charge in [-0.3, -0.25) is 13.8 Å². The third-order valence-electron chi connectivity index (χ3n) is 3.95. The van der Waals surface area contributed by atoms with E-state index in [0.717, 1.165) is 11.2 Å². The van der Waals surface area contributed by atoms with Gasteiger partial charge in [-0.2, -0.15) is 8.42 Å². The van der Waals surface area contributed by atoms with Gasteiger partial charge in [0.2, 0.25) is 11.8 Å². The highest BCUT2D eigenvalue weighted by Gasteiger charge is 2.56. The topological polar surface area (TPSA) is 133 Å². The Morgan fingerprint density at radius 1 is 1.48 bits per heavy atom. The number of carbonyl (C=O) groups excluding carboxylic acids is 3. The van der Waals surface area contributed by atoms with Crippen LogP contribution in [-0.2, 0) is 28.7 Å². The molecule has 0 bridgehead atoms. The fourth-order valence-electron chi connectivity index (χ4n) is 3.07. The van der Waals surface area contributed by atoms with Crippen LogP contribution >= 0.6 is 11.8 Å². The van der Waals surface area contributed by atoms with Gasteiger partial charge in [0, 0.05) is 30.5 Å². The Labute approximate surface area is 149 Å². The van der Waals surface area contributed by atoms with Crippen molar-refractivity contribution < 1.29 is 32.1 Å². The van der Waals surface area contributed by atoms with E-state index in [1.54, 1.807) is 0 Å². The van der Waals surface area contributed by atoms with Crippen molar-refractivity contribution in [2.75, 3.05) is 18.6 Å². The first-order valence-corrected chi connectivity index (χ1v) is 10.4. The summed E-state index contributed by atoms with van der Waals surface area (Å²) in [5.74, 6) is -2.41. The number of fused-ring (bicyclic) bond motifs is 1. The number of amides is 2. The molecule has 0 aromatic heterocycles. The van der Waals surface area contributed by atoms with E-state index in [-0.39, 0.29) is 11.6 Å². The van der Waals surface area contributed by atoms with Gasteiger partial charge in [0.15, 0.2) is 0 Å². The Balaban J connectivity index is 2.08. The summed E-state index contributed by atoms with van der Waals surface area (Å²) in [5.41, 5.74) is -0.175. The number of carbonyl (C=O) groups is 3. The predicted molar refractivity (Wildman–Crippen MR) is 87.3 cm³/mol. The molecule has 0 spiro atoms. The lowest BCUT2D eigenvalue weighted by molar-refractivity contribution is -0.301. The third kappa shape index (κ3) is 4.33. The minimum absolute atomic E-state index is 0.175. The minimum atomic E-state index is -3.72. The number of carboxylic acids is 1. The molecular weight excluding hydrogens is 372 g/mol. The second kappa shape index (κ2) is 7.34. The molecule has 1 fully saturated rings. The normalized spacial score (nSPS) is 24.0. The maximum Gasteiger partial charge on any atom is 0.264 e. The number of nitrogens with zero attached hydrogens (tertiary/aromatic N) is 1. The van der Waals surface area contributed by atoms with Crippen LogP contribution in [0.25, 0.3) is 0 Å². The van der Waals surface area contributed by atoms with Gasteiger partial charge >= 0.3 is 0 Å². The van der Waals surface area contributed by atoms with Crippen molar-refractivity contribution in [3.05, 3.63) is 10.6 Å². The Morgan fingerprint density at radius 3 is 2.64 bits per heavy atom. The lowest BCUT2D eigenvalue weighted by atomic mass is 9.83. The van der Waals surface area contributed by atoms with Gasteiger partial charge in [0.1, 0.15) is 0 Å². The first kappa shape index (κ1) is 19.7. The van der Waals surface area contributed by atoms with Crippen LogP contribution in [0, 0.1) is 5.92 Å². The van der Waals surface area contributed by atoms with Crippen LogP contribution < -0.4 is 10.4 Å². The molecule has 0 radical (unpaired) electrons. The first-order valence-electron chi connectivity index (χ1n) is 7.56. The monoisotopic (exact) mass is 391 g/mol. The summed E-state index contributed by atoms with van der Waals surface area (Å²) in [6, 6.07) is -0.458. The van der Waals surface area contributed by atoms with Crippen LogP contribution in [0.3, 0.4) is 0 Å². The number of aliphatic carboxylic acids is 1. The summed E-state index contributed by atoms with van der Waals surface area (Å²) >= 11 is 1.23. The van der Waals surface area contributed by atoms with Gasteiger partial charge in [0.25, 0.3) is 10.1 Å². The average molecular weight is 391 g/mol. The summed E-state index contributed by atoms with van der Waals surface area (Å²) in [5, 5.41) is 14.0. The van der Waals surface area contributed by atoms with E-state index in [4.69, 9.17) is 4.18 Å². The van der Waals surface area contributed by atoms with Crippen molar-refractivity contribution in [3.63, 3.8) is 0 Å². The van der Waals surface area contributed by atoms with Crippen LogP contribution in [0.4, 0.5) is 0 Å². The zero-order chi connectivity index (χ0) is 18.9. The van der Waals surface area contributed by atoms with Gasteiger partial charge < -0.3 is 20.1 Å². The van der Waals surface area contributed by atoms with E-state index in [2.05, 4.69) is 5.32 Å². The molecule has 0 aliphatic carbocycles. The average Bonchev–Trinajstić information content (AvgIpc) is 2.76. The Hall–Kier alpha value is -1.59. The van der Waals surface area contributed by atoms with Crippen molar-refractivity contribution >= 4 is 39.7 Å². The molecule has 2 heterocycles. The zero-order valence-electron chi connectivity index (χ0n) is 14.0. The molecular formula is C14H19N2O7S2-. The Kier molecular flexibility index (Phi) is 5.79. The molecule has 2 aliphatic rings. The van der Waals surface area contributed by atoms with E-state index in [0.29, 0.717) is 23.6 Å². The van der Waals surface area contributed by atoms with Crippen molar-refractivity contribution in [1.82, 2.24) is 10.2 Å². The smallest absolute Gasteiger partial charge is 0.264 e. The van der Waals surface area contributed by atoms with Crippen molar-refractivity contribution in [3.8, 4) is 0 Å². The van der Waals surface area contributed by atoms with Crippen LogP contribution in [0.5, 0.6) is 0 Å². The number of β-lactam (4-membered cyclic amide) rings is 1. The van der Waals surface area contributed by atoms with E-state index in [1.807, 2.05) is 0 Å². The van der Waals surface area contributed by atoms with Gasteiger partial charge in [-0.1, -0.05) is 0 Å². The molecule has 0 saturated carbocycles. The third-order valence-corrected chi connectivity index (χ3v) is 5.72. The number of hydrogen-bond donors (Lipinski definition) is 1. The Bertz CT molecular complexity index is 731. The summed E-state index contributed by atoms with van der Waals surface area (Å²) in [4.78, 5) is 36.2. The molecule has 140 valence electrons. The highest BCUT2D eigenvalue weighted by molar-refractivity contribution is 8.03. The second-order valence-corrected chi connectivity index (χ2v) is 8.69. The molecule has 2 rings (SSSR count). The summed E-state index contributed by atoms with van der Waals surface area (Å²) < 4.78 is 27.4. The van der Waals surface area contributed by atoms with Crippen LogP contribution in [0.15, 0.2) is 10.6 Å². The lowest BCUT2D eigenvalue weighted by Crippen LogP contribution is -2.63. The van der Waals surface area contributed by atoms with Crippen LogP contribution in [0.2, 0.25) is 0 Å². The molecule has 11 heteroatoms. The number of carboxylic acid groups (broad SMARTS) is 1. The molecule has 1 saturated heterocycles. The molecule has 0 aromatic carbocycles. The summed E-state index contributed by atoms with van der Waals surface area (Å²) in [6.45, 7) is 3.21. The molecule has 0 unspecified atom stereocenters. The maximum atomic E-state index is 12.3. The van der Waals surface area contributed by atoms with Gasteiger partial charge in [0.05, 0.1) is 36.0 Å². The predicted octanol–water partition coefficient (Wildman–Crippen LogP) is -1.59. The van der Waals surface area contributed by atoms with E-state index in [1.165, 1.54) is 25.6 Å². The number of nitrogens with one attached hydrogen (secondary N) is 1. The highest BCUT2D eigenvalue weighted by atomic mass is 32.2. The van der Waals surface area contributed by atoms with Crippen LogP contribution in [0.1, 0.15) is 20.3 Å². The Morgan fingerprint density at radius 2 is 2.12 bits per heavy atom. The molecule has 0 aromatic rings. The zero-order valence-corrected chi connectivity index (χ0v) is 15.6. The van der Waals surface area contributed by atoms with E-state index >= 15 is 0 Å². The molecule has 2 aliphatic heterocycles. The standard InChI is InChI=1S/C14H20N2O7S2/c1-7(23-25(3,21)22)11-9-6-10(24-5-4-15-8(2)17)12(14(19)20)16(9)13(11)18/h7,9,11H,4-6H2,1-3H3,(H,15,17)(H,19,20)/p-1/t7-,9+,11+/m0/s1. The fourth-order valence-corrected chi connectivity index (χ4v) is 4.80. The number of hydrogen-bond acceptors (Lipinski definition) is 8. The number of rotatable bonds is 8. The largest absolute Gasteiger partial charge is 0.543 e. The quantitative estimate of drug-likeness (QED) is 0.298. The van der Waals surface area contributed by atoms with Gasteiger partial charge in [-0.05, 0) is 6.92 Å². The molecule has 1 N–H and O–H groups in total. The fraction of sp³-hybridized carbons (Fsp3) is 0.643. The lowest BCUT2D eigenvalue weighted by Gasteiger charge is -2.46.